The Morgan fingerprint density at radius 1 is 1.03 bits per heavy atom. The van der Waals surface area contributed by atoms with Crippen molar-refractivity contribution < 1.29 is 14.0 Å². The summed E-state index contributed by atoms with van der Waals surface area (Å²) in [4.78, 5) is 31.3. The number of imide groups is 1. The maximum atomic E-state index is 13.6. The number of aromatic nitrogens is 1. The number of carbonyl (C=O) groups excluding carboxylic acids is 2. The molecule has 148 valence electrons. The number of halogens is 1. The Hall–Kier alpha value is -3.08. The minimum Gasteiger partial charge on any atom is -0.274 e. The molecular formula is C24H23FN2O2. The van der Waals surface area contributed by atoms with E-state index in [4.69, 9.17) is 4.98 Å². The minimum absolute atomic E-state index is 0.245. The van der Waals surface area contributed by atoms with Crippen molar-refractivity contribution in [3.63, 3.8) is 0 Å². The summed E-state index contributed by atoms with van der Waals surface area (Å²) >= 11 is 0. The molecule has 0 bridgehead atoms. The highest BCUT2D eigenvalue weighted by atomic mass is 19.1. The number of hydrogen-bond donors (Lipinski definition) is 0. The summed E-state index contributed by atoms with van der Waals surface area (Å²) in [6, 6.07) is 13.5. The highest BCUT2D eigenvalue weighted by molar-refractivity contribution is 6.21. The van der Waals surface area contributed by atoms with Gasteiger partial charge in [-0.25, -0.2) is 4.39 Å². The maximum absolute atomic E-state index is 13.6. The molecule has 0 saturated heterocycles. The lowest BCUT2D eigenvalue weighted by Gasteiger charge is -2.17. The highest BCUT2D eigenvalue weighted by Gasteiger charge is 2.34. The van der Waals surface area contributed by atoms with Gasteiger partial charge < -0.3 is 0 Å². The maximum Gasteiger partial charge on any atom is 0.261 e. The van der Waals surface area contributed by atoms with Gasteiger partial charge in [0, 0.05) is 23.7 Å². The number of pyridine rings is 1. The van der Waals surface area contributed by atoms with Crippen LogP contribution in [0.1, 0.15) is 52.2 Å². The lowest BCUT2D eigenvalue weighted by Crippen LogP contribution is -2.32. The van der Waals surface area contributed by atoms with Crippen molar-refractivity contribution in [3.05, 3.63) is 76.7 Å². The third kappa shape index (κ3) is 3.65. The molecule has 3 aromatic rings. The topological polar surface area (TPSA) is 50.3 Å². The quantitative estimate of drug-likeness (QED) is 0.568. The molecule has 4 rings (SSSR count). The number of nitrogens with zero attached hydrogens (tertiary/aromatic N) is 2. The van der Waals surface area contributed by atoms with Crippen LogP contribution in [0, 0.1) is 11.7 Å². The van der Waals surface area contributed by atoms with E-state index in [0.29, 0.717) is 35.5 Å². The first-order valence-electron chi connectivity index (χ1n) is 10.0. The molecule has 0 N–H and O–H groups in total. The molecule has 0 saturated carbocycles. The standard InChI is InChI=1S/C24H23FN2O2/c1-3-15(2)12-21-17(13-16-8-9-18(25)14-22(16)26-21)10-11-27-23(28)19-6-4-5-7-20(19)24(27)29/h4-9,13-15H,3,10-12H2,1-2H3. The molecular weight excluding hydrogens is 367 g/mol. The molecule has 0 aliphatic carbocycles. The van der Waals surface area contributed by atoms with Gasteiger partial charge in [-0.05, 0) is 54.7 Å². The predicted octanol–water partition coefficient (Wildman–Crippen LogP) is 4.80. The van der Waals surface area contributed by atoms with Crippen LogP contribution in [0.15, 0.2) is 48.5 Å². The first-order valence-corrected chi connectivity index (χ1v) is 10.0. The van der Waals surface area contributed by atoms with E-state index in [1.54, 1.807) is 30.3 Å². The third-order valence-electron chi connectivity index (χ3n) is 5.67. The van der Waals surface area contributed by atoms with Crippen LogP contribution in [0.25, 0.3) is 10.9 Å². The Labute approximate surface area is 169 Å². The van der Waals surface area contributed by atoms with Crippen LogP contribution in [0.2, 0.25) is 0 Å². The Balaban J connectivity index is 1.63. The van der Waals surface area contributed by atoms with Crippen molar-refractivity contribution in [2.24, 2.45) is 5.92 Å². The number of hydrogen-bond acceptors (Lipinski definition) is 3. The Morgan fingerprint density at radius 2 is 1.72 bits per heavy atom. The van der Waals surface area contributed by atoms with E-state index in [0.717, 1.165) is 29.5 Å². The summed E-state index contributed by atoms with van der Waals surface area (Å²) in [5.74, 6) is -0.361. The van der Waals surface area contributed by atoms with Gasteiger partial charge in [-0.3, -0.25) is 19.5 Å². The fraction of sp³-hybridized carbons (Fsp3) is 0.292. The van der Waals surface area contributed by atoms with Gasteiger partial charge in [0.15, 0.2) is 0 Å². The molecule has 0 radical (unpaired) electrons. The second kappa shape index (κ2) is 7.74. The van der Waals surface area contributed by atoms with Gasteiger partial charge in [0.05, 0.1) is 16.6 Å². The van der Waals surface area contributed by atoms with Crippen LogP contribution < -0.4 is 0 Å². The zero-order valence-corrected chi connectivity index (χ0v) is 16.6. The van der Waals surface area contributed by atoms with Crippen LogP contribution >= 0.6 is 0 Å². The summed E-state index contributed by atoms with van der Waals surface area (Å²) in [7, 11) is 0. The molecule has 1 aromatic heterocycles. The summed E-state index contributed by atoms with van der Waals surface area (Å²) in [5, 5.41) is 0.858. The summed E-state index contributed by atoms with van der Waals surface area (Å²) < 4.78 is 13.6. The van der Waals surface area contributed by atoms with E-state index < -0.39 is 0 Å². The first kappa shape index (κ1) is 19.2. The van der Waals surface area contributed by atoms with Crippen LogP contribution in [0.4, 0.5) is 4.39 Å². The van der Waals surface area contributed by atoms with Gasteiger partial charge >= 0.3 is 0 Å². The SMILES string of the molecule is CCC(C)Cc1nc2cc(F)ccc2cc1CCN1C(=O)c2ccccc2C1=O. The van der Waals surface area contributed by atoms with Crippen molar-refractivity contribution in [2.45, 2.75) is 33.1 Å². The Kier molecular flexibility index (Phi) is 5.14. The Morgan fingerprint density at radius 3 is 2.38 bits per heavy atom. The average Bonchev–Trinajstić information content (AvgIpc) is 2.96. The molecule has 1 unspecified atom stereocenters. The van der Waals surface area contributed by atoms with Gasteiger partial charge in [0.25, 0.3) is 11.8 Å². The average molecular weight is 390 g/mol. The number of rotatable bonds is 6. The van der Waals surface area contributed by atoms with E-state index in [2.05, 4.69) is 13.8 Å². The fourth-order valence-electron chi connectivity index (χ4n) is 3.77. The number of amides is 2. The van der Waals surface area contributed by atoms with Crippen molar-refractivity contribution in [1.82, 2.24) is 9.88 Å². The van der Waals surface area contributed by atoms with E-state index >= 15 is 0 Å². The molecule has 2 heterocycles. The van der Waals surface area contributed by atoms with Gasteiger partial charge in [0.1, 0.15) is 5.82 Å². The van der Waals surface area contributed by atoms with Crippen LogP contribution in [0.5, 0.6) is 0 Å². The molecule has 0 fully saturated rings. The van der Waals surface area contributed by atoms with E-state index in [9.17, 15) is 14.0 Å². The van der Waals surface area contributed by atoms with Crippen molar-refractivity contribution in [3.8, 4) is 0 Å². The summed E-state index contributed by atoms with van der Waals surface area (Å²) in [6.07, 6.45) is 2.32. The van der Waals surface area contributed by atoms with Crippen LogP contribution in [-0.2, 0) is 12.8 Å². The molecule has 1 atom stereocenters. The number of carbonyl (C=O) groups is 2. The molecule has 0 spiro atoms. The van der Waals surface area contributed by atoms with Crippen LogP contribution in [-0.4, -0.2) is 28.2 Å². The molecule has 29 heavy (non-hydrogen) atoms. The second-order valence-electron chi connectivity index (χ2n) is 7.71. The number of benzene rings is 2. The fourth-order valence-corrected chi connectivity index (χ4v) is 3.77. The third-order valence-corrected chi connectivity index (χ3v) is 5.67. The Bertz CT molecular complexity index is 1070. The van der Waals surface area contributed by atoms with Crippen LogP contribution in [0.3, 0.4) is 0 Å². The lowest BCUT2D eigenvalue weighted by molar-refractivity contribution is 0.0656. The summed E-state index contributed by atoms with van der Waals surface area (Å²) in [6.45, 7) is 4.59. The highest BCUT2D eigenvalue weighted by Crippen LogP contribution is 2.25. The van der Waals surface area contributed by atoms with Crippen molar-refractivity contribution in [1.29, 1.82) is 0 Å². The zero-order chi connectivity index (χ0) is 20.5. The molecule has 2 amide bonds. The molecule has 4 nitrogen and oxygen atoms in total. The normalized spacial score (nSPS) is 14.5. The second-order valence-corrected chi connectivity index (χ2v) is 7.71. The first-order chi connectivity index (χ1) is 14.0. The number of fused-ring (bicyclic) bond motifs is 2. The lowest BCUT2D eigenvalue weighted by atomic mass is 9.96. The smallest absolute Gasteiger partial charge is 0.261 e. The zero-order valence-electron chi connectivity index (χ0n) is 16.6. The van der Waals surface area contributed by atoms with E-state index in [1.165, 1.54) is 17.0 Å². The molecule has 1 aliphatic heterocycles. The van der Waals surface area contributed by atoms with Gasteiger partial charge in [0.2, 0.25) is 0 Å². The molecule has 5 heteroatoms. The van der Waals surface area contributed by atoms with Crippen molar-refractivity contribution >= 4 is 22.7 Å². The minimum atomic E-state index is -0.307. The van der Waals surface area contributed by atoms with E-state index in [-0.39, 0.29) is 17.6 Å². The molecule has 2 aromatic carbocycles. The predicted molar refractivity (Wildman–Crippen MR) is 110 cm³/mol. The largest absolute Gasteiger partial charge is 0.274 e. The summed E-state index contributed by atoms with van der Waals surface area (Å²) in [5.41, 5.74) is 3.47. The molecule has 1 aliphatic rings. The van der Waals surface area contributed by atoms with Gasteiger partial charge in [-0.15, -0.1) is 0 Å². The van der Waals surface area contributed by atoms with Gasteiger partial charge in [-0.2, -0.15) is 0 Å². The monoisotopic (exact) mass is 390 g/mol. The van der Waals surface area contributed by atoms with Crippen molar-refractivity contribution in [2.75, 3.05) is 6.54 Å². The van der Waals surface area contributed by atoms with E-state index in [1.807, 2.05) is 6.07 Å². The van der Waals surface area contributed by atoms with Gasteiger partial charge in [-0.1, -0.05) is 32.4 Å².